The lowest BCUT2D eigenvalue weighted by Crippen LogP contribution is -2.10. The maximum atomic E-state index is 5.39. The number of hydrazine groups is 1. The number of nitrogens with two attached hydrogens (primary N) is 1. The maximum absolute atomic E-state index is 5.39. The first-order valence-corrected chi connectivity index (χ1v) is 4.64. The Morgan fingerprint density at radius 2 is 2.29 bits per heavy atom. The van der Waals surface area contributed by atoms with Crippen LogP contribution >= 0.6 is 0 Å². The van der Waals surface area contributed by atoms with Gasteiger partial charge in [0.15, 0.2) is 5.82 Å². The molecule has 1 aromatic rings. The van der Waals surface area contributed by atoms with E-state index in [9.17, 15) is 0 Å². The molecule has 0 aliphatic carbocycles. The van der Waals surface area contributed by atoms with Gasteiger partial charge in [0.1, 0.15) is 0 Å². The highest BCUT2D eigenvalue weighted by Gasteiger charge is 1.99. The first-order chi connectivity index (χ1) is 6.72. The molecule has 0 saturated heterocycles. The van der Waals surface area contributed by atoms with Crippen LogP contribution in [0, 0.1) is 5.92 Å². The minimum atomic E-state index is 0.501. The van der Waals surface area contributed by atoms with E-state index in [1.165, 1.54) is 6.20 Å². The third-order valence-corrected chi connectivity index (χ3v) is 1.71. The fraction of sp³-hybridized carbons (Fsp3) is 0.556. The van der Waals surface area contributed by atoms with Gasteiger partial charge in [-0.2, -0.15) is 4.98 Å². The predicted molar refractivity (Wildman–Crippen MR) is 54.8 cm³/mol. The molecule has 0 bridgehead atoms. The molecule has 1 heterocycles. The van der Waals surface area contributed by atoms with Crippen molar-refractivity contribution in [2.24, 2.45) is 11.8 Å². The van der Waals surface area contributed by atoms with Gasteiger partial charge >= 0.3 is 0 Å². The van der Waals surface area contributed by atoms with Gasteiger partial charge in [-0.3, -0.25) is 4.98 Å². The molecule has 0 atom stereocenters. The average molecular weight is 196 g/mol. The van der Waals surface area contributed by atoms with Gasteiger partial charge in [-0.1, -0.05) is 13.8 Å². The molecule has 14 heavy (non-hydrogen) atoms. The van der Waals surface area contributed by atoms with Gasteiger partial charge in [0, 0.05) is 0 Å². The minimum Gasteiger partial charge on any atom is -0.477 e. The monoisotopic (exact) mass is 196 g/mol. The molecule has 0 amide bonds. The van der Waals surface area contributed by atoms with Crippen molar-refractivity contribution in [1.29, 1.82) is 0 Å². The van der Waals surface area contributed by atoms with E-state index in [-0.39, 0.29) is 0 Å². The number of hydrogen-bond donors (Lipinski definition) is 2. The van der Waals surface area contributed by atoms with Crippen LogP contribution in [0.5, 0.6) is 5.88 Å². The maximum Gasteiger partial charge on any atom is 0.234 e. The molecule has 0 saturated carbocycles. The second kappa shape index (κ2) is 5.39. The topological polar surface area (TPSA) is 73.1 Å². The van der Waals surface area contributed by atoms with Gasteiger partial charge in [0.2, 0.25) is 5.88 Å². The van der Waals surface area contributed by atoms with Crippen LogP contribution in [0.3, 0.4) is 0 Å². The van der Waals surface area contributed by atoms with Crippen molar-refractivity contribution in [2.45, 2.75) is 20.3 Å². The average Bonchev–Trinajstić information content (AvgIpc) is 2.18. The van der Waals surface area contributed by atoms with Crippen LogP contribution in [0.4, 0.5) is 5.82 Å². The second-order valence-electron chi connectivity index (χ2n) is 3.42. The number of rotatable bonds is 5. The molecule has 0 fully saturated rings. The van der Waals surface area contributed by atoms with Gasteiger partial charge in [-0.25, -0.2) is 5.84 Å². The summed E-state index contributed by atoms with van der Waals surface area (Å²) in [5, 5.41) is 0. The summed E-state index contributed by atoms with van der Waals surface area (Å²) in [4.78, 5) is 7.99. The van der Waals surface area contributed by atoms with Crippen LogP contribution in [-0.2, 0) is 0 Å². The Hall–Kier alpha value is -1.36. The lowest BCUT2D eigenvalue weighted by atomic mass is 10.1. The van der Waals surface area contributed by atoms with Gasteiger partial charge < -0.3 is 10.2 Å². The second-order valence-corrected chi connectivity index (χ2v) is 3.42. The van der Waals surface area contributed by atoms with E-state index in [1.54, 1.807) is 6.20 Å². The third-order valence-electron chi connectivity index (χ3n) is 1.71. The van der Waals surface area contributed by atoms with Crippen LogP contribution < -0.4 is 16.0 Å². The number of ether oxygens (including phenoxy) is 1. The first kappa shape index (κ1) is 10.7. The summed E-state index contributed by atoms with van der Waals surface area (Å²) < 4.78 is 5.39. The van der Waals surface area contributed by atoms with Crippen molar-refractivity contribution < 1.29 is 4.74 Å². The molecule has 0 radical (unpaired) electrons. The van der Waals surface area contributed by atoms with Crippen LogP contribution in [0.15, 0.2) is 12.4 Å². The Bertz CT molecular complexity index is 277. The number of nitrogen functional groups attached to an aromatic ring is 1. The molecule has 0 aromatic carbocycles. The summed E-state index contributed by atoms with van der Waals surface area (Å²) in [7, 11) is 0. The van der Waals surface area contributed by atoms with E-state index in [4.69, 9.17) is 10.6 Å². The van der Waals surface area contributed by atoms with Gasteiger partial charge in [-0.15, -0.1) is 0 Å². The summed E-state index contributed by atoms with van der Waals surface area (Å²) in [5.74, 6) is 6.82. The highest BCUT2D eigenvalue weighted by molar-refractivity contribution is 5.31. The number of aromatic nitrogens is 2. The zero-order valence-electron chi connectivity index (χ0n) is 8.53. The van der Waals surface area contributed by atoms with Crippen molar-refractivity contribution in [2.75, 3.05) is 12.0 Å². The Kier molecular flexibility index (Phi) is 4.12. The molecule has 0 aliphatic heterocycles. The zero-order chi connectivity index (χ0) is 10.4. The lowest BCUT2D eigenvalue weighted by Gasteiger charge is -2.07. The summed E-state index contributed by atoms with van der Waals surface area (Å²) >= 11 is 0. The summed E-state index contributed by atoms with van der Waals surface area (Å²) in [6.45, 7) is 4.94. The number of nitrogens with zero attached hydrogens (tertiary/aromatic N) is 2. The largest absolute Gasteiger partial charge is 0.477 e. The van der Waals surface area contributed by atoms with Crippen molar-refractivity contribution in [3.63, 3.8) is 0 Å². The molecule has 5 heteroatoms. The lowest BCUT2D eigenvalue weighted by molar-refractivity contribution is 0.278. The number of hydrogen-bond acceptors (Lipinski definition) is 5. The van der Waals surface area contributed by atoms with E-state index in [0.29, 0.717) is 24.2 Å². The molecule has 0 aliphatic rings. The fourth-order valence-corrected chi connectivity index (χ4v) is 0.886. The quantitative estimate of drug-likeness (QED) is 0.546. The molecule has 78 valence electrons. The Labute approximate surface area is 83.7 Å². The number of nitrogens with one attached hydrogen (secondary N) is 1. The zero-order valence-corrected chi connectivity index (χ0v) is 8.53. The van der Waals surface area contributed by atoms with E-state index in [1.807, 2.05) is 0 Å². The summed E-state index contributed by atoms with van der Waals surface area (Å²) in [5.41, 5.74) is 2.41. The van der Waals surface area contributed by atoms with Crippen molar-refractivity contribution in [3.05, 3.63) is 12.4 Å². The third kappa shape index (κ3) is 3.57. The Morgan fingerprint density at radius 3 is 2.93 bits per heavy atom. The normalized spacial score (nSPS) is 10.3. The SMILES string of the molecule is CC(C)CCOc1cncc(NN)n1. The van der Waals surface area contributed by atoms with E-state index < -0.39 is 0 Å². The molecular weight excluding hydrogens is 180 g/mol. The smallest absolute Gasteiger partial charge is 0.234 e. The van der Waals surface area contributed by atoms with E-state index >= 15 is 0 Å². The molecule has 0 unspecified atom stereocenters. The highest BCUT2D eigenvalue weighted by atomic mass is 16.5. The van der Waals surface area contributed by atoms with Gasteiger partial charge in [0.25, 0.3) is 0 Å². The van der Waals surface area contributed by atoms with Crippen LogP contribution in [0.1, 0.15) is 20.3 Å². The van der Waals surface area contributed by atoms with Gasteiger partial charge in [-0.05, 0) is 12.3 Å². The van der Waals surface area contributed by atoms with Crippen molar-refractivity contribution in [3.8, 4) is 5.88 Å². The minimum absolute atomic E-state index is 0.501. The van der Waals surface area contributed by atoms with E-state index in [2.05, 4.69) is 29.2 Å². The van der Waals surface area contributed by atoms with Crippen LogP contribution in [-0.4, -0.2) is 16.6 Å². The van der Waals surface area contributed by atoms with Crippen LogP contribution in [0.2, 0.25) is 0 Å². The van der Waals surface area contributed by atoms with Crippen molar-refractivity contribution >= 4 is 5.82 Å². The molecule has 5 nitrogen and oxygen atoms in total. The standard InChI is InChI=1S/C9H16N4O/c1-7(2)3-4-14-9-6-11-5-8(12-9)13-10/h5-7H,3-4,10H2,1-2H3,(H,12,13). The number of anilines is 1. The molecule has 3 N–H and O–H groups in total. The summed E-state index contributed by atoms with van der Waals surface area (Å²) in [6.07, 6.45) is 4.11. The fourth-order valence-electron chi connectivity index (χ4n) is 0.886. The highest BCUT2D eigenvalue weighted by Crippen LogP contribution is 2.09. The van der Waals surface area contributed by atoms with Crippen molar-refractivity contribution in [1.82, 2.24) is 9.97 Å². The molecule has 1 aromatic heterocycles. The van der Waals surface area contributed by atoms with Gasteiger partial charge in [0.05, 0.1) is 19.0 Å². The Morgan fingerprint density at radius 1 is 1.50 bits per heavy atom. The molecule has 0 spiro atoms. The first-order valence-electron chi connectivity index (χ1n) is 4.64. The van der Waals surface area contributed by atoms with Crippen LogP contribution in [0.25, 0.3) is 0 Å². The predicted octanol–water partition coefficient (Wildman–Crippen LogP) is 1.19. The Balaban J connectivity index is 2.42. The van der Waals surface area contributed by atoms with E-state index in [0.717, 1.165) is 6.42 Å². The molecular formula is C9H16N4O. The summed E-state index contributed by atoms with van der Waals surface area (Å²) in [6, 6.07) is 0. The molecule has 1 rings (SSSR count).